The summed E-state index contributed by atoms with van der Waals surface area (Å²) in [7, 11) is -5.11. The predicted octanol–water partition coefficient (Wildman–Crippen LogP) is -1.88. The van der Waals surface area contributed by atoms with E-state index in [0.29, 0.717) is 0 Å². The highest BCUT2D eigenvalue weighted by molar-refractivity contribution is 8.06. The summed E-state index contributed by atoms with van der Waals surface area (Å²) in [6, 6.07) is 0. The number of hydrogen-bond donors (Lipinski definition) is 5. The zero-order valence-corrected chi connectivity index (χ0v) is 24.9. The lowest BCUT2D eigenvalue weighted by molar-refractivity contribution is -0.218. The molecule has 7 N–H and O–H groups in total. The first-order chi connectivity index (χ1) is 21.3. The van der Waals surface area contributed by atoms with E-state index in [9.17, 15) is 24.3 Å². The summed E-state index contributed by atoms with van der Waals surface area (Å²) >= 11 is 5.07. The molecule has 45 heavy (non-hydrogen) atoms. The maximum absolute atomic E-state index is 15.9. The van der Waals surface area contributed by atoms with Gasteiger partial charge in [-0.15, -0.1) is 0 Å². The zero-order chi connectivity index (χ0) is 31.8. The molecule has 4 aromatic heterocycles. The SMILES string of the molecule is Nc1nc2c(ncn2[C@@H]2O[C@@H]3COP(=O)(O)O[C@@H]4C(F)[C@H](n5cnc6c(N)ncnc65)O[C@@H]4COP([O-])(=S)O[C@H]2C3O)c(=O)[nH]1. The van der Waals surface area contributed by atoms with Crippen LogP contribution in [-0.2, 0) is 43.9 Å². The number of aromatic nitrogens is 8. The summed E-state index contributed by atoms with van der Waals surface area (Å²) in [5.41, 5.74) is 10.8. The molecule has 7 rings (SSSR count). The van der Waals surface area contributed by atoms with Gasteiger partial charge in [0.05, 0.1) is 25.9 Å². The van der Waals surface area contributed by atoms with E-state index in [0.717, 1.165) is 17.2 Å². The highest BCUT2D eigenvalue weighted by atomic mass is 32.5. The molecular weight excluding hydrogens is 669 g/mol. The number of fused-ring (bicyclic) bond motifs is 5. The zero-order valence-electron chi connectivity index (χ0n) is 22.3. The molecule has 0 radical (unpaired) electrons. The molecule has 0 aliphatic carbocycles. The topological polar surface area (TPSA) is 295 Å². The first-order valence-corrected chi connectivity index (χ1v) is 16.9. The van der Waals surface area contributed by atoms with E-state index >= 15 is 4.39 Å². The number of halogens is 1. The average molecular weight is 691 g/mol. The molecule has 3 aliphatic heterocycles. The second-order valence-corrected chi connectivity index (χ2v) is 14.2. The minimum atomic E-state index is -5.11. The number of anilines is 2. The van der Waals surface area contributed by atoms with Gasteiger partial charge in [-0.2, -0.15) is 4.98 Å². The Balaban J connectivity index is 1.21. The van der Waals surface area contributed by atoms with Gasteiger partial charge in [0, 0.05) is 0 Å². The van der Waals surface area contributed by atoms with Gasteiger partial charge in [0.2, 0.25) is 5.95 Å². The minimum absolute atomic E-state index is 0.0128. The summed E-state index contributed by atoms with van der Waals surface area (Å²) in [4.78, 5) is 58.5. The van der Waals surface area contributed by atoms with Gasteiger partial charge in [-0.25, -0.2) is 28.9 Å². The summed E-state index contributed by atoms with van der Waals surface area (Å²) < 4.78 is 64.0. The summed E-state index contributed by atoms with van der Waals surface area (Å²) in [5.74, 6) is -0.253. The maximum Gasteiger partial charge on any atom is 0.472 e. The quantitative estimate of drug-likeness (QED) is 0.144. The molecule has 4 aromatic rings. The van der Waals surface area contributed by atoms with Crippen LogP contribution in [0, 0.1) is 0 Å². The predicted molar refractivity (Wildman–Crippen MR) is 147 cm³/mol. The Morgan fingerprint density at radius 3 is 2.47 bits per heavy atom. The molecule has 10 atom stereocenters. The molecule has 4 unspecified atom stereocenters. The Labute approximate surface area is 254 Å². The number of ether oxygens (including phenoxy) is 2. The van der Waals surface area contributed by atoms with E-state index in [2.05, 4.69) is 29.9 Å². The Morgan fingerprint density at radius 1 is 1.00 bits per heavy atom. The van der Waals surface area contributed by atoms with Gasteiger partial charge in [-0.3, -0.25) is 28.0 Å². The van der Waals surface area contributed by atoms with E-state index in [1.165, 1.54) is 10.9 Å². The first kappa shape index (κ1) is 30.6. The average Bonchev–Trinajstić information content (AvgIpc) is 3.72. The second kappa shape index (κ2) is 11.0. The maximum atomic E-state index is 15.9. The number of aliphatic hydroxyl groups is 1. The van der Waals surface area contributed by atoms with Crippen molar-refractivity contribution in [1.29, 1.82) is 0 Å². The monoisotopic (exact) mass is 691 g/mol. The Morgan fingerprint density at radius 2 is 1.69 bits per heavy atom. The van der Waals surface area contributed by atoms with Gasteiger partial charge in [0.1, 0.15) is 49.1 Å². The van der Waals surface area contributed by atoms with Crippen molar-refractivity contribution in [2.45, 2.75) is 49.1 Å². The number of nitrogen functional groups attached to an aromatic ring is 2. The van der Waals surface area contributed by atoms with Gasteiger partial charge in [0.25, 0.3) is 5.56 Å². The number of phosphoric ester groups is 1. The number of nitrogens with one attached hydrogen (secondary N) is 1. The van der Waals surface area contributed by atoms with Gasteiger partial charge >= 0.3 is 7.82 Å². The van der Waals surface area contributed by atoms with Gasteiger partial charge in [-0.1, -0.05) is 11.8 Å². The van der Waals surface area contributed by atoms with E-state index in [1.54, 1.807) is 0 Å². The van der Waals surface area contributed by atoms with E-state index < -0.39 is 82.5 Å². The molecule has 3 saturated heterocycles. The molecule has 0 aromatic carbocycles. The molecule has 0 spiro atoms. The lowest BCUT2D eigenvalue weighted by Gasteiger charge is -2.34. The Kier molecular flexibility index (Phi) is 7.50. The van der Waals surface area contributed by atoms with Crippen molar-refractivity contribution in [2.75, 3.05) is 24.7 Å². The number of nitrogens with two attached hydrogens (primary N) is 2. The number of hydrogen-bond acceptors (Lipinski definition) is 18. The third kappa shape index (κ3) is 5.43. The van der Waals surface area contributed by atoms with Crippen molar-refractivity contribution in [1.82, 2.24) is 39.0 Å². The summed E-state index contributed by atoms with van der Waals surface area (Å²) in [5, 5.41) is 11.0. The largest absolute Gasteiger partial charge is 0.780 e. The molecular formula is C20H22FN10O11P2S-. The van der Waals surface area contributed by atoms with Crippen molar-refractivity contribution in [2.24, 2.45) is 0 Å². The summed E-state index contributed by atoms with van der Waals surface area (Å²) in [6.07, 6.45) is -9.77. The normalized spacial score (nSPS) is 37.7. The highest BCUT2D eigenvalue weighted by Gasteiger charge is 2.53. The highest BCUT2D eigenvalue weighted by Crippen LogP contribution is 2.53. The Hall–Kier alpha value is -3.05. The van der Waals surface area contributed by atoms with E-state index in [1.807, 2.05) is 0 Å². The number of aliphatic hydroxyl groups excluding tert-OH is 1. The van der Waals surface area contributed by atoms with Crippen molar-refractivity contribution in [3.8, 4) is 0 Å². The smallest absolute Gasteiger partial charge is 0.472 e. The van der Waals surface area contributed by atoms with Gasteiger partial charge in [0.15, 0.2) is 41.3 Å². The fourth-order valence-electron chi connectivity index (χ4n) is 5.25. The van der Waals surface area contributed by atoms with E-state index in [-0.39, 0.29) is 34.1 Å². The van der Waals surface area contributed by atoms with Crippen LogP contribution in [0.15, 0.2) is 23.8 Å². The number of aromatic amines is 1. The van der Waals surface area contributed by atoms with Crippen LogP contribution in [0.25, 0.3) is 22.3 Å². The number of imidazole rings is 2. The number of H-pyrrole nitrogens is 1. The molecule has 3 fully saturated rings. The number of alkyl halides is 1. The van der Waals surface area contributed by atoms with E-state index in [4.69, 9.17) is 50.8 Å². The first-order valence-electron chi connectivity index (χ1n) is 12.9. The Bertz CT molecular complexity index is 1950. The van der Waals surface area contributed by atoms with Crippen LogP contribution in [0.4, 0.5) is 16.2 Å². The molecule has 2 bridgehead atoms. The van der Waals surface area contributed by atoms with Crippen LogP contribution in [0.3, 0.4) is 0 Å². The van der Waals surface area contributed by atoms with Crippen LogP contribution in [0.2, 0.25) is 0 Å². The third-order valence-corrected chi connectivity index (χ3v) is 9.80. The minimum Gasteiger partial charge on any atom is -0.780 e. The van der Waals surface area contributed by atoms with Gasteiger partial charge < -0.3 is 44.9 Å². The van der Waals surface area contributed by atoms with Crippen molar-refractivity contribution in [3.05, 3.63) is 29.3 Å². The lowest BCUT2D eigenvalue weighted by Crippen LogP contribution is -2.36. The third-order valence-electron chi connectivity index (χ3n) is 7.27. The molecule has 25 heteroatoms. The van der Waals surface area contributed by atoms with Crippen LogP contribution < -0.4 is 21.9 Å². The van der Waals surface area contributed by atoms with Crippen LogP contribution in [0.5, 0.6) is 0 Å². The van der Waals surface area contributed by atoms with Crippen molar-refractivity contribution in [3.63, 3.8) is 0 Å². The molecule has 242 valence electrons. The fraction of sp³-hybridized carbons (Fsp3) is 0.500. The number of nitrogens with zero attached hydrogens (tertiary/aromatic N) is 7. The van der Waals surface area contributed by atoms with Crippen LogP contribution in [-0.4, -0.2) is 98.9 Å². The van der Waals surface area contributed by atoms with Gasteiger partial charge in [-0.05, 0) is 0 Å². The fourth-order valence-corrected chi connectivity index (χ4v) is 7.61. The molecule has 0 amide bonds. The van der Waals surface area contributed by atoms with Crippen molar-refractivity contribution < 1.29 is 51.4 Å². The van der Waals surface area contributed by atoms with Crippen LogP contribution >= 0.6 is 14.5 Å². The molecule has 0 saturated carbocycles. The number of rotatable bonds is 2. The molecule has 21 nitrogen and oxygen atoms in total. The summed E-state index contributed by atoms with van der Waals surface area (Å²) in [6.45, 7) is -6.15. The van der Waals surface area contributed by atoms with Crippen LogP contribution in [0.1, 0.15) is 12.5 Å². The standard InChI is InChI=1S/C20H23FN10O11P2S/c21-8-12-7(40-18(8)30-4-26-9-14(22)24-3-25-15(9)30)2-38-44(36,45)42-13-11(32)6(1-37-43(34,35)41-12)39-19(13)31-5-27-10-16(31)28-20(23)29-17(10)33/h3-8,11-13,18-19,32H,1-2H2,(H,34,35)(H,36,45)(H2,22,24,25)(H3,23,28,29,33)/p-1/t6-,7-,8?,11?,12+,13+,18-,19-,44?/m1/s1. The second-order valence-electron chi connectivity index (χ2n) is 10.1. The number of phosphoric acid groups is 1. The molecule has 7 heterocycles. The van der Waals surface area contributed by atoms with Crippen molar-refractivity contribution >= 4 is 60.4 Å². The molecule has 3 aliphatic rings. The lowest BCUT2D eigenvalue weighted by atomic mass is 10.1.